The van der Waals surface area contributed by atoms with E-state index in [1.165, 1.54) is 0 Å². The zero-order valence-corrected chi connectivity index (χ0v) is 13.0. The number of nitrogens with one attached hydrogen (secondary N) is 1. The molecule has 3 heterocycles. The normalized spacial score (nSPS) is 29.0. The average molecular weight is 291 g/mol. The molecule has 1 aromatic heterocycles. The van der Waals surface area contributed by atoms with Crippen molar-refractivity contribution in [1.29, 1.82) is 0 Å². The van der Waals surface area contributed by atoms with E-state index in [1.54, 1.807) is 6.20 Å². The van der Waals surface area contributed by atoms with Gasteiger partial charge in [0.15, 0.2) is 0 Å². The Bertz CT molecular complexity index is 488. The SMILES string of the molecule is CN1CC[C@]2(CCC1=O)CN(Cc1ncc[nH]1)CCN2C. The molecule has 0 saturated carbocycles. The van der Waals surface area contributed by atoms with Crippen LogP contribution in [0.15, 0.2) is 12.4 Å². The van der Waals surface area contributed by atoms with Gasteiger partial charge in [-0.15, -0.1) is 0 Å². The highest BCUT2D eigenvalue weighted by molar-refractivity contribution is 5.76. The van der Waals surface area contributed by atoms with E-state index < -0.39 is 0 Å². The fourth-order valence-corrected chi connectivity index (χ4v) is 3.57. The number of amides is 1. The molecular formula is C15H25N5O. The first-order chi connectivity index (χ1) is 10.1. The van der Waals surface area contributed by atoms with Crippen molar-refractivity contribution in [1.82, 2.24) is 24.7 Å². The van der Waals surface area contributed by atoms with Crippen molar-refractivity contribution in [2.45, 2.75) is 31.3 Å². The summed E-state index contributed by atoms with van der Waals surface area (Å²) in [6.07, 6.45) is 6.36. The Labute approximate surface area is 126 Å². The maximum Gasteiger partial charge on any atom is 0.222 e. The smallest absolute Gasteiger partial charge is 0.222 e. The van der Waals surface area contributed by atoms with Gasteiger partial charge in [0.1, 0.15) is 5.82 Å². The number of rotatable bonds is 2. The third-order valence-corrected chi connectivity index (χ3v) is 5.15. The van der Waals surface area contributed by atoms with Crippen molar-refractivity contribution in [2.24, 2.45) is 0 Å². The van der Waals surface area contributed by atoms with E-state index >= 15 is 0 Å². The molecule has 1 spiro atoms. The number of piperazine rings is 1. The number of carbonyl (C=O) groups is 1. The standard InChI is InChI=1S/C15H25N5O/c1-18-8-5-15(4-3-14(18)21)12-20(10-9-19(15)2)11-13-16-6-7-17-13/h6-7H,3-5,8-12H2,1-2H3,(H,16,17)/t15-/m1/s1. The van der Waals surface area contributed by atoms with Gasteiger partial charge in [-0.05, 0) is 19.9 Å². The van der Waals surface area contributed by atoms with E-state index in [2.05, 4.69) is 26.8 Å². The number of imidazole rings is 1. The molecule has 0 unspecified atom stereocenters. The topological polar surface area (TPSA) is 55.5 Å². The number of nitrogens with zero attached hydrogens (tertiary/aromatic N) is 4. The van der Waals surface area contributed by atoms with Crippen LogP contribution in [0, 0.1) is 0 Å². The van der Waals surface area contributed by atoms with Crippen LogP contribution in [0.25, 0.3) is 0 Å². The third-order valence-electron chi connectivity index (χ3n) is 5.15. The summed E-state index contributed by atoms with van der Waals surface area (Å²) in [7, 11) is 4.13. The minimum atomic E-state index is 0.130. The molecule has 1 aromatic rings. The minimum absolute atomic E-state index is 0.130. The maximum atomic E-state index is 12.0. The van der Waals surface area contributed by atoms with Gasteiger partial charge in [0.2, 0.25) is 5.91 Å². The van der Waals surface area contributed by atoms with E-state index in [0.29, 0.717) is 6.42 Å². The summed E-state index contributed by atoms with van der Waals surface area (Å²) in [5, 5.41) is 0. The van der Waals surface area contributed by atoms with E-state index in [4.69, 9.17) is 0 Å². The van der Waals surface area contributed by atoms with E-state index in [-0.39, 0.29) is 11.4 Å². The monoisotopic (exact) mass is 291 g/mol. The molecule has 0 bridgehead atoms. The lowest BCUT2D eigenvalue weighted by atomic mass is 9.86. The van der Waals surface area contributed by atoms with Crippen LogP contribution < -0.4 is 0 Å². The summed E-state index contributed by atoms with van der Waals surface area (Å²) >= 11 is 0. The largest absolute Gasteiger partial charge is 0.348 e. The number of likely N-dealkylation sites (tertiary alicyclic amines) is 1. The average Bonchev–Trinajstić information content (AvgIpc) is 2.94. The number of hydrogen-bond acceptors (Lipinski definition) is 4. The van der Waals surface area contributed by atoms with Crippen LogP contribution in [0.5, 0.6) is 0 Å². The molecule has 2 fully saturated rings. The Morgan fingerprint density at radius 3 is 2.90 bits per heavy atom. The summed E-state index contributed by atoms with van der Waals surface area (Å²) in [6.45, 7) is 4.86. The van der Waals surface area contributed by atoms with Crippen molar-refractivity contribution >= 4 is 5.91 Å². The Kier molecular flexibility index (Phi) is 3.99. The summed E-state index contributed by atoms with van der Waals surface area (Å²) < 4.78 is 0. The first-order valence-corrected chi connectivity index (χ1v) is 7.75. The third kappa shape index (κ3) is 2.96. The fourth-order valence-electron chi connectivity index (χ4n) is 3.57. The predicted octanol–water partition coefficient (Wildman–Crippen LogP) is 0.538. The van der Waals surface area contributed by atoms with E-state index in [9.17, 15) is 4.79 Å². The molecule has 1 atom stereocenters. The quantitative estimate of drug-likeness (QED) is 0.864. The maximum absolute atomic E-state index is 12.0. The second-order valence-corrected chi connectivity index (χ2v) is 6.46. The molecule has 6 heteroatoms. The van der Waals surface area contributed by atoms with Gasteiger partial charge in [0.25, 0.3) is 0 Å². The van der Waals surface area contributed by atoms with Gasteiger partial charge >= 0.3 is 0 Å². The molecule has 2 aliphatic rings. The van der Waals surface area contributed by atoms with Gasteiger partial charge in [-0.25, -0.2) is 4.98 Å². The van der Waals surface area contributed by atoms with Crippen molar-refractivity contribution in [3.63, 3.8) is 0 Å². The molecule has 2 saturated heterocycles. The van der Waals surface area contributed by atoms with Gasteiger partial charge in [0.05, 0.1) is 6.54 Å². The molecule has 0 radical (unpaired) electrons. The minimum Gasteiger partial charge on any atom is -0.348 e. The predicted molar refractivity (Wildman–Crippen MR) is 80.7 cm³/mol. The second kappa shape index (κ2) is 5.77. The van der Waals surface area contributed by atoms with E-state index in [1.807, 2.05) is 18.1 Å². The Morgan fingerprint density at radius 2 is 2.14 bits per heavy atom. The van der Waals surface area contributed by atoms with Crippen LogP contribution in [0.4, 0.5) is 0 Å². The van der Waals surface area contributed by atoms with Gasteiger partial charge in [0, 0.05) is 57.6 Å². The van der Waals surface area contributed by atoms with Gasteiger partial charge in [-0.2, -0.15) is 0 Å². The Morgan fingerprint density at radius 1 is 1.29 bits per heavy atom. The summed E-state index contributed by atoms with van der Waals surface area (Å²) in [5.74, 6) is 1.31. The Balaban J connectivity index is 1.71. The fraction of sp³-hybridized carbons (Fsp3) is 0.733. The highest BCUT2D eigenvalue weighted by Gasteiger charge is 2.41. The van der Waals surface area contributed by atoms with E-state index in [0.717, 1.165) is 51.4 Å². The summed E-state index contributed by atoms with van der Waals surface area (Å²) in [4.78, 5) is 26.3. The van der Waals surface area contributed by atoms with Crippen molar-refractivity contribution < 1.29 is 4.79 Å². The molecule has 1 N–H and O–H groups in total. The molecule has 0 aliphatic carbocycles. The van der Waals surface area contributed by atoms with Crippen molar-refractivity contribution in [2.75, 3.05) is 40.3 Å². The summed E-state index contributed by atoms with van der Waals surface area (Å²) in [5.41, 5.74) is 0.130. The highest BCUT2D eigenvalue weighted by atomic mass is 16.2. The van der Waals surface area contributed by atoms with Gasteiger partial charge < -0.3 is 9.88 Å². The van der Waals surface area contributed by atoms with Crippen LogP contribution in [-0.4, -0.2) is 76.4 Å². The molecule has 2 aliphatic heterocycles. The number of hydrogen-bond donors (Lipinski definition) is 1. The number of likely N-dealkylation sites (N-methyl/N-ethyl adjacent to an activating group) is 1. The number of carbonyl (C=O) groups excluding carboxylic acids is 1. The molecule has 6 nitrogen and oxygen atoms in total. The zero-order valence-electron chi connectivity index (χ0n) is 13.0. The number of H-pyrrole nitrogens is 1. The number of aromatic amines is 1. The van der Waals surface area contributed by atoms with Crippen molar-refractivity contribution in [3.05, 3.63) is 18.2 Å². The lowest BCUT2D eigenvalue weighted by Gasteiger charge is -2.49. The lowest BCUT2D eigenvalue weighted by molar-refractivity contribution is -0.129. The lowest BCUT2D eigenvalue weighted by Crippen LogP contribution is -2.60. The van der Waals surface area contributed by atoms with Crippen LogP contribution >= 0.6 is 0 Å². The second-order valence-electron chi connectivity index (χ2n) is 6.46. The molecule has 21 heavy (non-hydrogen) atoms. The van der Waals surface area contributed by atoms with Crippen LogP contribution in [0.2, 0.25) is 0 Å². The number of aromatic nitrogens is 2. The van der Waals surface area contributed by atoms with Gasteiger partial charge in [-0.3, -0.25) is 14.6 Å². The van der Waals surface area contributed by atoms with Crippen molar-refractivity contribution in [3.8, 4) is 0 Å². The molecular weight excluding hydrogens is 266 g/mol. The molecule has 0 aromatic carbocycles. The van der Waals surface area contributed by atoms with Crippen LogP contribution in [0.1, 0.15) is 25.1 Å². The summed E-state index contributed by atoms with van der Waals surface area (Å²) in [6, 6.07) is 0. The zero-order chi connectivity index (χ0) is 14.9. The van der Waals surface area contributed by atoms with Crippen LogP contribution in [0.3, 0.4) is 0 Å². The highest BCUT2D eigenvalue weighted by Crippen LogP contribution is 2.32. The Hall–Kier alpha value is -1.40. The van der Waals surface area contributed by atoms with Crippen LogP contribution in [-0.2, 0) is 11.3 Å². The van der Waals surface area contributed by atoms with Gasteiger partial charge in [-0.1, -0.05) is 0 Å². The first kappa shape index (κ1) is 14.5. The first-order valence-electron chi connectivity index (χ1n) is 7.75. The molecule has 3 rings (SSSR count). The molecule has 116 valence electrons. The molecule has 1 amide bonds.